The zero-order valence-corrected chi connectivity index (χ0v) is 23.3. The molecule has 0 fully saturated rings. The number of ketones is 1. The van der Waals surface area contributed by atoms with Crippen molar-refractivity contribution in [1.82, 2.24) is 24.8 Å². The molecule has 1 aliphatic heterocycles. The van der Waals surface area contributed by atoms with Crippen molar-refractivity contribution < 1.29 is 14.7 Å². The minimum absolute atomic E-state index is 0.0112. The van der Waals surface area contributed by atoms with Crippen LogP contribution >= 0.6 is 0 Å². The summed E-state index contributed by atoms with van der Waals surface area (Å²) in [6.45, 7) is 6.83. The van der Waals surface area contributed by atoms with Crippen molar-refractivity contribution in [2.45, 2.75) is 46.7 Å². The number of hydrogen-bond donors (Lipinski definition) is 1. The van der Waals surface area contributed by atoms with Crippen molar-refractivity contribution >= 4 is 11.8 Å². The summed E-state index contributed by atoms with van der Waals surface area (Å²) in [7, 11) is 1.94. The van der Waals surface area contributed by atoms with Crippen LogP contribution in [0.5, 0.6) is 0 Å². The summed E-state index contributed by atoms with van der Waals surface area (Å²) in [6.07, 6.45) is 1.35. The van der Waals surface area contributed by atoms with Gasteiger partial charge in [-0.25, -0.2) is 14.8 Å². The van der Waals surface area contributed by atoms with E-state index in [1.165, 1.54) is 6.07 Å². The van der Waals surface area contributed by atoms with E-state index < -0.39 is 5.97 Å². The summed E-state index contributed by atoms with van der Waals surface area (Å²) in [6, 6.07) is 18.6. The van der Waals surface area contributed by atoms with E-state index in [1.54, 1.807) is 12.1 Å². The number of rotatable bonds is 3. The van der Waals surface area contributed by atoms with Gasteiger partial charge in [0.2, 0.25) is 0 Å². The topological polar surface area (TPSA) is 109 Å². The van der Waals surface area contributed by atoms with Crippen LogP contribution in [0.25, 0.3) is 22.8 Å². The number of hydrogen-bond acceptors (Lipinski definition) is 7. The average Bonchev–Trinajstić information content (AvgIpc) is 2.91. The number of carbonyl (C=O) groups is 2. The van der Waals surface area contributed by atoms with Crippen molar-refractivity contribution in [3.05, 3.63) is 94.6 Å². The minimum Gasteiger partial charge on any atom is -0.478 e. The molecule has 0 aromatic carbocycles. The molecule has 0 amide bonds. The second-order valence-electron chi connectivity index (χ2n) is 11.0. The van der Waals surface area contributed by atoms with Gasteiger partial charge in [0.1, 0.15) is 0 Å². The molecular weight excluding hydrogens is 502 g/mol. The zero-order chi connectivity index (χ0) is 28.4. The normalized spacial score (nSPS) is 15.8. The van der Waals surface area contributed by atoms with E-state index in [9.17, 15) is 14.7 Å². The molecule has 4 aromatic rings. The molecule has 8 bridgehead atoms. The van der Waals surface area contributed by atoms with Gasteiger partial charge in [0.15, 0.2) is 5.78 Å². The molecule has 1 N–H and O–H groups in total. The fraction of sp³-hybridized carbons (Fsp3) is 0.312. The van der Waals surface area contributed by atoms with Crippen LogP contribution in [0.4, 0.5) is 0 Å². The van der Waals surface area contributed by atoms with Crippen LogP contribution in [0.15, 0.2) is 60.7 Å². The first-order chi connectivity index (χ1) is 19.1. The van der Waals surface area contributed by atoms with Crippen LogP contribution < -0.4 is 0 Å². The number of carbonyl (C=O) groups excluding carboxylic acids is 1. The first kappa shape index (κ1) is 27.3. The third-order valence-electron chi connectivity index (χ3n) is 6.93. The number of carboxylic acid groups (broad SMARTS) is 1. The van der Waals surface area contributed by atoms with Gasteiger partial charge in [0.05, 0.1) is 39.7 Å². The molecular formula is C32H33N5O3. The van der Waals surface area contributed by atoms with Crippen LogP contribution in [0.1, 0.15) is 64.3 Å². The fourth-order valence-electron chi connectivity index (χ4n) is 5.06. The summed E-state index contributed by atoms with van der Waals surface area (Å²) in [4.78, 5) is 46.6. The molecule has 5 heterocycles. The van der Waals surface area contributed by atoms with Gasteiger partial charge in [-0.05, 0) is 74.3 Å². The molecule has 1 atom stereocenters. The highest BCUT2D eigenvalue weighted by Gasteiger charge is 2.19. The first-order valence-electron chi connectivity index (χ1n) is 13.5. The van der Waals surface area contributed by atoms with E-state index in [0.717, 1.165) is 34.9 Å². The highest BCUT2D eigenvalue weighted by Crippen LogP contribution is 2.25. The molecule has 204 valence electrons. The van der Waals surface area contributed by atoms with Crippen molar-refractivity contribution in [3.8, 4) is 22.8 Å². The largest absolute Gasteiger partial charge is 0.478 e. The smallest absolute Gasteiger partial charge is 0.335 e. The minimum atomic E-state index is -1.04. The number of aromatic nitrogens is 4. The summed E-state index contributed by atoms with van der Waals surface area (Å²) in [5.74, 6) is -1.03. The lowest BCUT2D eigenvalue weighted by molar-refractivity contribution is 0.0696. The molecule has 1 aliphatic rings. The van der Waals surface area contributed by atoms with Crippen molar-refractivity contribution in [1.29, 1.82) is 0 Å². The second kappa shape index (κ2) is 11.4. The lowest BCUT2D eigenvalue weighted by Crippen LogP contribution is -2.19. The monoisotopic (exact) mass is 535 g/mol. The van der Waals surface area contributed by atoms with Gasteiger partial charge < -0.3 is 5.11 Å². The van der Waals surface area contributed by atoms with E-state index in [4.69, 9.17) is 19.9 Å². The van der Waals surface area contributed by atoms with Crippen LogP contribution in [-0.4, -0.2) is 48.7 Å². The van der Waals surface area contributed by atoms with E-state index in [2.05, 4.69) is 6.92 Å². The third kappa shape index (κ3) is 6.29. The summed E-state index contributed by atoms with van der Waals surface area (Å²) in [5, 5.41) is 9.87. The number of Topliss-reactive ketones (excluding diaryl/α,β-unsaturated/α-hetero) is 1. The lowest BCUT2D eigenvalue weighted by Gasteiger charge is -2.18. The number of carboxylic acids is 1. The predicted octanol–water partition coefficient (Wildman–Crippen LogP) is 5.50. The maximum atomic E-state index is 13.1. The van der Waals surface area contributed by atoms with E-state index in [-0.39, 0.29) is 23.2 Å². The Kier molecular flexibility index (Phi) is 7.80. The Balaban J connectivity index is 1.65. The highest BCUT2D eigenvalue weighted by molar-refractivity contribution is 5.98. The average molecular weight is 536 g/mol. The highest BCUT2D eigenvalue weighted by atomic mass is 16.4. The SMILES string of the molecule is CC(C)C(=O)c1cc2nc(c1)-c1cc(C(=O)O)cc(n1)CN(C)Cc1cccc(n1)-c1cccc(n1)C[C@H](C)C2. The van der Waals surface area contributed by atoms with E-state index in [1.807, 2.05) is 68.3 Å². The van der Waals surface area contributed by atoms with E-state index in [0.29, 0.717) is 42.2 Å². The maximum Gasteiger partial charge on any atom is 0.335 e. The molecule has 5 rings (SSSR count). The van der Waals surface area contributed by atoms with E-state index >= 15 is 0 Å². The molecule has 0 saturated carbocycles. The van der Waals surface area contributed by atoms with Gasteiger partial charge in [-0.15, -0.1) is 0 Å². The molecule has 0 radical (unpaired) electrons. The summed E-state index contributed by atoms with van der Waals surface area (Å²) >= 11 is 0. The summed E-state index contributed by atoms with van der Waals surface area (Å²) in [5.41, 5.74) is 6.45. The lowest BCUT2D eigenvalue weighted by atomic mass is 9.95. The number of nitrogens with zero attached hydrogens (tertiary/aromatic N) is 5. The molecule has 40 heavy (non-hydrogen) atoms. The second-order valence-corrected chi connectivity index (χ2v) is 11.0. The molecule has 8 heteroatoms. The maximum absolute atomic E-state index is 13.1. The molecule has 0 aliphatic carbocycles. The molecule has 0 spiro atoms. The molecule has 8 nitrogen and oxygen atoms in total. The van der Waals surface area contributed by atoms with Crippen LogP contribution in [0, 0.1) is 11.8 Å². The number of pyridine rings is 4. The Morgan fingerprint density at radius 3 is 1.95 bits per heavy atom. The standard InChI is InChI=1S/C32H33N5O3/c1-19(2)31(38)21-13-25-12-20(3)11-23-7-5-9-27(33-23)28-10-6-8-24(34-28)17-37(4)18-26-14-22(32(39)40)16-30(36-26)29(15-21)35-25/h5-10,13-16,19-20H,11-12,17-18H2,1-4H3,(H,39,40)/t20-/m0/s1. The molecule has 0 saturated heterocycles. The van der Waals surface area contributed by atoms with Gasteiger partial charge in [0, 0.05) is 36.0 Å². The fourth-order valence-corrected chi connectivity index (χ4v) is 5.06. The van der Waals surface area contributed by atoms with Gasteiger partial charge in [0.25, 0.3) is 0 Å². The van der Waals surface area contributed by atoms with Crippen LogP contribution in [0.3, 0.4) is 0 Å². The Hall–Kier alpha value is -4.30. The first-order valence-corrected chi connectivity index (χ1v) is 13.5. The Labute approximate surface area is 234 Å². The van der Waals surface area contributed by atoms with Gasteiger partial charge in [-0.3, -0.25) is 19.7 Å². The number of aromatic carboxylic acids is 1. The molecule has 0 unspecified atom stereocenters. The van der Waals surface area contributed by atoms with Gasteiger partial charge >= 0.3 is 5.97 Å². The van der Waals surface area contributed by atoms with Crippen molar-refractivity contribution in [3.63, 3.8) is 0 Å². The van der Waals surface area contributed by atoms with Gasteiger partial charge in [-0.1, -0.05) is 32.9 Å². The van der Waals surface area contributed by atoms with Crippen LogP contribution in [0.2, 0.25) is 0 Å². The Morgan fingerprint density at radius 2 is 1.27 bits per heavy atom. The molecule has 4 aromatic heterocycles. The third-order valence-corrected chi connectivity index (χ3v) is 6.93. The predicted molar refractivity (Wildman–Crippen MR) is 153 cm³/mol. The summed E-state index contributed by atoms with van der Waals surface area (Å²) < 4.78 is 0. The quantitative estimate of drug-likeness (QED) is 0.342. The number of fused-ring (bicyclic) bond motifs is 10. The van der Waals surface area contributed by atoms with Crippen molar-refractivity contribution in [2.75, 3.05) is 7.05 Å². The zero-order valence-electron chi connectivity index (χ0n) is 23.3. The van der Waals surface area contributed by atoms with Gasteiger partial charge in [-0.2, -0.15) is 0 Å². The van der Waals surface area contributed by atoms with Crippen molar-refractivity contribution in [2.24, 2.45) is 11.8 Å². The Bertz CT molecular complexity index is 1580. The Morgan fingerprint density at radius 1 is 0.750 bits per heavy atom. The van der Waals surface area contributed by atoms with Crippen LogP contribution in [-0.2, 0) is 25.9 Å².